The topological polar surface area (TPSA) is 96.4 Å². The molecule has 2 fully saturated rings. The van der Waals surface area contributed by atoms with E-state index in [1.54, 1.807) is 45.0 Å². The van der Waals surface area contributed by atoms with Crippen molar-refractivity contribution in [1.29, 1.82) is 0 Å². The Morgan fingerprint density at radius 3 is 2.31 bits per heavy atom. The van der Waals surface area contributed by atoms with Gasteiger partial charge in [0, 0.05) is 13.1 Å². The molecule has 1 aromatic carbocycles. The maximum Gasteiger partial charge on any atom is 0.410 e. The van der Waals surface area contributed by atoms with Crippen molar-refractivity contribution in [3.8, 4) is 5.75 Å². The van der Waals surface area contributed by atoms with Crippen molar-refractivity contribution in [2.45, 2.75) is 69.0 Å². The van der Waals surface area contributed by atoms with E-state index < -0.39 is 58.1 Å². The third kappa shape index (κ3) is 4.99. The van der Waals surface area contributed by atoms with Crippen molar-refractivity contribution >= 4 is 16.1 Å². The van der Waals surface area contributed by atoms with E-state index in [4.69, 9.17) is 9.47 Å². The maximum atomic E-state index is 15.5. The number of aliphatic hydroxyl groups is 1. The van der Waals surface area contributed by atoms with E-state index in [1.165, 1.54) is 7.11 Å². The second-order valence-corrected chi connectivity index (χ2v) is 11.3. The van der Waals surface area contributed by atoms with Crippen LogP contribution in [0.15, 0.2) is 24.3 Å². The zero-order valence-electron chi connectivity index (χ0n) is 18.6. The summed E-state index contributed by atoms with van der Waals surface area (Å²) < 4.78 is 68.4. The molecule has 32 heavy (non-hydrogen) atoms. The van der Waals surface area contributed by atoms with Crippen molar-refractivity contribution in [1.82, 2.24) is 9.21 Å². The van der Waals surface area contributed by atoms with Crippen molar-refractivity contribution in [2.75, 3.05) is 20.3 Å². The molecule has 1 amide bonds. The van der Waals surface area contributed by atoms with Crippen LogP contribution in [-0.2, 0) is 21.3 Å². The lowest BCUT2D eigenvalue weighted by Gasteiger charge is -2.32. The van der Waals surface area contributed by atoms with Gasteiger partial charge in [0.2, 0.25) is 10.0 Å². The fourth-order valence-corrected chi connectivity index (χ4v) is 5.74. The van der Waals surface area contributed by atoms with E-state index in [0.717, 1.165) is 9.21 Å². The molecule has 0 aromatic heterocycles. The number of alkyl halides is 2. The molecule has 1 heterocycles. The SMILES string of the molecule is COc1ccc(CN([C@@H]2CN(C(=O)OC(C)(C)C)[C@H](CO)C2(F)F)S(=O)(=O)C2CC2)cc1. The van der Waals surface area contributed by atoms with Gasteiger partial charge in [0.25, 0.3) is 5.92 Å². The second kappa shape index (κ2) is 8.75. The molecular formula is C21H30F2N2O6S. The lowest BCUT2D eigenvalue weighted by atomic mass is 10.1. The second-order valence-electron chi connectivity index (χ2n) is 9.16. The van der Waals surface area contributed by atoms with Gasteiger partial charge >= 0.3 is 6.09 Å². The number of ether oxygens (including phenoxy) is 2. The highest BCUT2D eigenvalue weighted by Crippen LogP contribution is 2.42. The quantitative estimate of drug-likeness (QED) is 0.650. The largest absolute Gasteiger partial charge is 0.497 e. The number of methoxy groups -OCH3 is 1. The highest BCUT2D eigenvalue weighted by Gasteiger charge is 2.63. The number of nitrogens with zero attached hydrogens (tertiary/aromatic N) is 2. The number of aliphatic hydroxyl groups excluding tert-OH is 1. The van der Waals surface area contributed by atoms with Gasteiger partial charge < -0.3 is 14.6 Å². The zero-order chi connectivity index (χ0) is 23.9. The molecule has 2 atom stereocenters. The van der Waals surface area contributed by atoms with Crippen LogP contribution in [0.25, 0.3) is 0 Å². The Balaban J connectivity index is 1.96. The number of halogens is 2. The summed E-state index contributed by atoms with van der Waals surface area (Å²) in [4.78, 5) is 13.3. The fraction of sp³-hybridized carbons (Fsp3) is 0.667. The number of hydrogen-bond acceptors (Lipinski definition) is 6. The Morgan fingerprint density at radius 2 is 1.84 bits per heavy atom. The summed E-state index contributed by atoms with van der Waals surface area (Å²) in [6.07, 6.45) is -0.218. The molecule has 11 heteroatoms. The Labute approximate surface area is 187 Å². The zero-order valence-corrected chi connectivity index (χ0v) is 19.4. The number of carbonyl (C=O) groups is 1. The van der Waals surface area contributed by atoms with Crippen LogP contribution in [-0.4, -0.2) is 77.9 Å². The van der Waals surface area contributed by atoms with Crippen LogP contribution >= 0.6 is 0 Å². The Bertz CT molecular complexity index is 929. The molecule has 0 unspecified atom stereocenters. The van der Waals surface area contributed by atoms with E-state index in [1.807, 2.05) is 0 Å². The summed E-state index contributed by atoms with van der Waals surface area (Å²) >= 11 is 0. The van der Waals surface area contributed by atoms with Crippen molar-refractivity contribution in [3.63, 3.8) is 0 Å². The van der Waals surface area contributed by atoms with Crippen LogP contribution < -0.4 is 4.74 Å². The average molecular weight is 477 g/mol. The molecule has 0 bridgehead atoms. The van der Waals surface area contributed by atoms with Crippen LogP contribution in [0.1, 0.15) is 39.2 Å². The molecule has 1 saturated carbocycles. The number of amides is 1. The van der Waals surface area contributed by atoms with Gasteiger partial charge in [-0.3, -0.25) is 4.90 Å². The van der Waals surface area contributed by atoms with Crippen molar-refractivity contribution in [2.24, 2.45) is 0 Å². The highest BCUT2D eigenvalue weighted by atomic mass is 32.2. The van der Waals surface area contributed by atoms with E-state index in [0.29, 0.717) is 24.2 Å². The molecule has 1 aliphatic heterocycles. The first-order valence-corrected chi connectivity index (χ1v) is 11.9. The highest BCUT2D eigenvalue weighted by molar-refractivity contribution is 7.90. The number of sulfonamides is 1. The van der Waals surface area contributed by atoms with Crippen molar-refractivity contribution < 1.29 is 36.6 Å². The van der Waals surface area contributed by atoms with Gasteiger partial charge in [0.1, 0.15) is 23.4 Å². The summed E-state index contributed by atoms with van der Waals surface area (Å²) in [6.45, 7) is 2.88. The van der Waals surface area contributed by atoms with Gasteiger partial charge in [-0.1, -0.05) is 12.1 Å². The molecule has 2 aliphatic rings. The first kappa shape index (κ1) is 24.7. The molecular weight excluding hydrogens is 446 g/mol. The number of rotatable bonds is 7. The minimum absolute atomic E-state index is 0.288. The number of likely N-dealkylation sites (tertiary alicyclic amines) is 1. The maximum absolute atomic E-state index is 15.5. The molecule has 1 saturated heterocycles. The first-order valence-electron chi connectivity index (χ1n) is 10.4. The Hall–Kier alpha value is -1.98. The van der Waals surface area contributed by atoms with Crippen LogP contribution in [0.4, 0.5) is 13.6 Å². The predicted molar refractivity (Wildman–Crippen MR) is 113 cm³/mol. The van der Waals surface area contributed by atoms with Crippen LogP contribution in [0, 0.1) is 0 Å². The molecule has 1 N–H and O–H groups in total. The molecule has 8 nitrogen and oxygen atoms in total. The standard InChI is InChI=1S/C21H30F2N2O6S/c1-20(2,3)31-19(27)24-12-17(21(22,23)18(24)13-26)25(32(28,29)16-9-10-16)11-14-5-7-15(30-4)8-6-14/h5-8,16-18,26H,9-13H2,1-4H3/t17-,18-/m1/s1. The fourth-order valence-electron chi connectivity index (χ4n) is 3.74. The first-order chi connectivity index (χ1) is 14.8. The molecule has 1 aliphatic carbocycles. The Morgan fingerprint density at radius 1 is 1.25 bits per heavy atom. The Kier molecular flexibility index (Phi) is 6.74. The van der Waals surface area contributed by atoms with E-state index in [2.05, 4.69) is 0 Å². The van der Waals surface area contributed by atoms with Crippen LogP contribution in [0.3, 0.4) is 0 Å². The summed E-state index contributed by atoms with van der Waals surface area (Å²) in [5, 5.41) is 8.96. The smallest absolute Gasteiger partial charge is 0.410 e. The summed E-state index contributed by atoms with van der Waals surface area (Å²) in [5.41, 5.74) is -0.435. The van der Waals surface area contributed by atoms with Crippen LogP contribution in [0.5, 0.6) is 5.75 Å². The van der Waals surface area contributed by atoms with E-state index in [-0.39, 0.29) is 6.54 Å². The van der Waals surface area contributed by atoms with Gasteiger partial charge in [0.05, 0.1) is 19.0 Å². The molecule has 1 aromatic rings. The number of benzene rings is 1. The summed E-state index contributed by atoms with van der Waals surface area (Å²) in [5.74, 6) is -3.13. The number of hydrogen-bond donors (Lipinski definition) is 1. The van der Waals surface area contributed by atoms with Gasteiger partial charge in [-0.15, -0.1) is 0 Å². The molecule has 180 valence electrons. The molecule has 3 rings (SSSR count). The monoisotopic (exact) mass is 476 g/mol. The molecule has 0 spiro atoms. The van der Waals surface area contributed by atoms with Crippen molar-refractivity contribution in [3.05, 3.63) is 29.8 Å². The van der Waals surface area contributed by atoms with E-state index in [9.17, 15) is 18.3 Å². The van der Waals surface area contributed by atoms with Gasteiger partial charge in [-0.25, -0.2) is 22.0 Å². The summed E-state index contributed by atoms with van der Waals surface area (Å²) in [7, 11) is -2.57. The minimum Gasteiger partial charge on any atom is -0.497 e. The average Bonchev–Trinajstić information content (AvgIpc) is 3.51. The lowest BCUT2D eigenvalue weighted by molar-refractivity contribution is -0.0809. The van der Waals surface area contributed by atoms with Gasteiger partial charge in [-0.2, -0.15) is 4.31 Å². The van der Waals surface area contributed by atoms with Gasteiger partial charge in [0.15, 0.2) is 0 Å². The van der Waals surface area contributed by atoms with E-state index >= 15 is 8.78 Å². The third-order valence-electron chi connectivity index (χ3n) is 5.55. The van der Waals surface area contributed by atoms with Gasteiger partial charge in [-0.05, 0) is 51.3 Å². The lowest BCUT2D eigenvalue weighted by Crippen LogP contribution is -2.53. The minimum atomic E-state index is -4.05. The predicted octanol–water partition coefficient (Wildman–Crippen LogP) is 2.60. The van der Waals surface area contributed by atoms with Crippen LogP contribution in [0.2, 0.25) is 0 Å². The molecule has 0 radical (unpaired) electrons. The normalized spacial score (nSPS) is 23.4. The number of carbonyl (C=O) groups excluding carboxylic acids is 1. The third-order valence-corrected chi connectivity index (χ3v) is 7.90. The summed E-state index contributed by atoms with van der Waals surface area (Å²) in [6, 6.07) is 2.73.